The Morgan fingerprint density at radius 1 is 1.08 bits per heavy atom. The SMILES string of the molecule is CC(C)(C)C[Si]c1ccccc1. The van der Waals surface area contributed by atoms with Crippen molar-refractivity contribution in [3.8, 4) is 0 Å². The highest BCUT2D eigenvalue weighted by atomic mass is 28.2. The molecule has 0 heterocycles. The van der Waals surface area contributed by atoms with Crippen LogP contribution in [0.1, 0.15) is 20.8 Å². The lowest BCUT2D eigenvalue weighted by Gasteiger charge is -2.16. The lowest BCUT2D eigenvalue weighted by atomic mass is 10.0. The van der Waals surface area contributed by atoms with Gasteiger partial charge in [-0.3, -0.25) is 0 Å². The van der Waals surface area contributed by atoms with Crippen molar-refractivity contribution < 1.29 is 0 Å². The first kappa shape index (κ1) is 9.52. The molecule has 1 aromatic carbocycles. The van der Waals surface area contributed by atoms with Gasteiger partial charge in [0.15, 0.2) is 0 Å². The number of rotatable bonds is 2. The van der Waals surface area contributed by atoms with Gasteiger partial charge in [-0.05, 0) is 5.41 Å². The van der Waals surface area contributed by atoms with Gasteiger partial charge in [-0.15, -0.1) is 0 Å². The molecular weight excluding hydrogens is 160 g/mol. The van der Waals surface area contributed by atoms with Gasteiger partial charge in [0.05, 0.1) is 9.52 Å². The Bertz CT molecular complexity index is 221. The first-order chi connectivity index (χ1) is 5.58. The molecule has 64 valence electrons. The average molecular weight is 176 g/mol. The lowest BCUT2D eigenvalue weighted by molar-refractivity contribution is 0.468. The molecule has 1 aromatic rings. The standard InChI is InChI=1S/C11H16Si/c1-11(2,3)9-12-10-7-5-4-6-8-10/h4-8H,9H2,1-3H3. The highest BCUT2D eigenvalue weighted by Gasteiger charge is 2.09. The Kier molecular flexibility index (Phi) is 3.10. The summed E-state index contributed by atoms with van der Waals surface area (Å²) in [5.74, 6) is 0. The van der Waals surface area contributed by atoms with E-state index in [2.05, 4.69) is 51.1 Å². The molecule has 0 amide bonds. The van der Waals surface area contributed by atoms with E-state index in [1.165, 1.54) is 11.2 Å². The molecule has 1 rings (SSSR count). The molecule has 0 bridgehead atoms. The third-order valence-electron chi connectivity index (χ3n) is 1.60. The minimum Gasteiger partial charge on any atom is -0.0642 e. The molecule has 0 nitrogen and oxygen atoms in total. The van der Waals surface area contributed by atoms with Crippen molar-refractivity contribution >= 4 is 14.7 Å². The highest BCUT2D eigenvalue weighted by Crippen LogP contribution is 2.17. The molecule has 0 aliphatic carbocycles. The Morgan fingerprint density at radius 2 is 1.67 bits per heavy atom. The molecule has 2 radical (unpaired) electrons. The van der Waals surface area contributed by atoms with E-state index in [-0.39, 0.29) is 0 Å². The maximum Gasteiger partial charge on any atom is 0.0813 e. The van der Waals surface area contributed by atoms with Crippen LogP contribution < -0.4 is 5.19 Å². The van der Waals surface area contributed by atoms with E-state index < -0.39 is 0 Å². The monoisotopic (exact) mass is 176 g/mol. The minimum atomic E-state index is 0.467. The van der Waals surface area contributed by atoms with E-state index in [9.17, 15) is 0 Å². The summed E-state index contributed by atoms with van der Waals surface area (Å²) < 4.78 is 0. The second-order valence-corrected chi connectivity index (χ2v) is 5.56. The van der Waals surface area contributed by atoms with E-state index in [1.54, 1.807) is 0 Å². The second-order valence-electron chi connectivity index (χ2n) is 4.28. The van der Waals surface area contributed by atoms with Crippen LogP contribution in [0, 0.1) is 5.41 Å². The summed E-state index contributed by atoms with van der Waals surface area (Å²) in [7, 11) is 0.956. The van der Waals surface area contributed by atoms with E-state index in [4.69, 9.17) is 0 Å². The van der Waals surface area contributed by atoms with E-state index in [1.807, 2.05) is 0 Å². The van der Waals surface area contributed by atoms with Crippen molar-refractivity contribution in [2.75, 3.05) is 0 Å². The van der Waals surface area contributed by atoms with Crippen molar-refractivity contribution in [1.82, 2.24) is 0 Å². The maximum absolute atomic E-state index is 2.29. The zero-order valence-corrected chi connectivity index (χ0v) is 9.09. The molecule has 0 aliphatic rings. The number of hydrogen-bond acceptors (Lipinski definition) is 0. The second kappa shape index (κ2) is 3.90. The fourth-order valence-corrected chi connectivity index (χ4v) is 2.09. The van der Waals surface area contributed by atoms with Gasteiger partial charge in [-0.1, -0.05) is 62.3 Å². The van der Waals surface area contributed by atoms with Crippen molar-refractivity contribution in [3.05, 3.63) is 30.3 Å². The van der Waals surface area contributed by atoms with Gasteiger partial charge in [0, 0.05) is 0 Å². The van der Waals surface area contributed by atoms with Gasteiger partial charge in [-0.2, -0.15) is 0 Å². The van der Waals surface area contributed by atoms with Gasteiger partial charge in [-0.25, -0.2) is 0 Å². The van der Waals surface area contributed by atoms with Crippen LogP contribution in [-0.2, 0) is 0 Å². The Balaban J connectivity index is 2.44. The van der Waals surface area contributed by atoms with Crippen LogP contribution in [-0.4, -0.2) is 9.52 Å². The maximum atomic E-state index is 2.29. The molecule has 0 spiro atoms. The molecule has 0 aliphatic heterocycles. The van der Waals surface area contributed by atoms with Crippen LogP contribution in [0.2, 0.25) is 6.04 Å². The molecule has 0 fully saturated rings. The van der Waals surface area contributed by atoms with Gasteiger partial charge < -0.3 is 0 Å². The van der Waals surface area contributed by atoms with Crippen LogP contribution in [0.4, 0.5) is 0 Å². The summed E-state index contributed by atoms with van der Waals surface area (Å²) in [6.45, 7) is 6.88. The van der Waals surface area contributed by atoms with Crippen LogP contribution in [0.5, 0.6) is 0 Å². The number of benzene rings is 1. The summed E-state index contributed by atoms with van der Waals surface area (Å²) in [6.07, 6.45) is 0. The fourth-order valence-electron chi connectivity index (χ4n) is 0.923. The molecule has 12 heavy (non-hydrogen) atoms. The van der Waals surface area contributed by atoms with E-state index >= 15 is 0 Å². The number of hydrogen-bond donors (Lipinski definition) is 0. The third kappa shape index (κ3) is 3.72. The van der Waals surface area contributed by atoms with E-state index in [0.29, 0.717) is 5.41 Å². The quantitative estimate of drug-likeness (QED) is 0.607. The Labute approximate surface area is 77.8 Å². The first-order valence-corrected chi connectivity index (χ1v) is 5.57. The topological polar surface area (TPSA) is 0 Å². The van der Waals surface area contributed by atoms with Gasteiger partial charge >= 0.3 is 0 Å². The van der Waals surface area contributed by atoms with Gasteiger partial charge in [0.25, 0.3) is 0 Å². The summed E-state index contributed by atoms with van der Waals surface area (Å²) in [5.41, 5.74) is 0.467. The molecule has 0 saturated carbocycles. The first-order valence-electron chi connectivity index (χ1n) is 4.37. The minimum absolute atomic E-state index is 0.467. The van der Waals surface area contributed by atoms with Crippen LogP contribution in [0.15, 0.2) is 30.3 Å². The van der Waals surface area contributed by atoms with Crippen molar-refractivity contribution in [2.24, 2.45) is 5.41 Å². The van der Waals surface area contributed by atoms with Crippen LogP contribution in [0.3, 0.4) is 0 Å². The van der Waals surface area contributed by atoms with Crippen LogP contribution >= 0.6 is 0 Å². The molecule has 0 unspecified atom stereocenters. The summed E-state index contributed by atoms with van der Waals surface area (Å²) in [6, 6.07) is 12.0. The lowest BCUT2D eigenvalue weighted by Crippen LogP contribution is -2.19. The molecular formula is C11H16Si. The largest absolute Gasteiger partial charge is 0.0813 e. The molecule has 0 N–H and O–H groups in total. The van der Waals surface area contributed by atoms with Gasteiger partial charge in [0.1, 0.15) is 0 Å². The normalized spacial score (nSPS) is 11.6. The molecule has 0 atom stereocenters. The van der Waals surface area contributed by atoms with Crippen molar-refractivity contribution in [3.63, 3.8) is 0 Å². The Hall–Kier alpha value is -0.563. The van der Waals surface area contributed by atoms with Gasteiger partial charge in [0.2, 0.25) is 0 Å². The zero-order chi connectivity index (χ0) is 9.03. The average Bonchev–Trinajstić information content (AvgIpc) is 2.02. The molecule has 1 heteroatoms. The van der Waals surface area contributed by atoms with E-state index in [0.717, 1.165) is 9.52 Å². The van der Waals surface area contributed by atoms with Crippen LogP contribution in [0.25, 0.3) is 0 Å². The molecule has 0 saturated heterocycles. The predicted octanol–water partition coefficient (Wildman–Crippen LogP) is 2.48. The third-order valence-corrected chi connectivity index (χ3v) is 3.58. The smallest absolute Gasteiger partial charge is 0.0642 e. The highest BCUT2D eigenvalue weighted by molar-refractivity contribution is 6.53. The van der Waals surface area contributed by atoms with Crippen molar-refractivity contribution in [2.45, 2.75) is 26.8 Å². The predicted molar refractivity (Wildman–Crippen MR) is 56.1 cm³/mol. The molecule has 0 aromatic heterocycles. The summed E-state index contributed by atoms with van der Waals surface area (Å²) >= 11 is 0. The summed E-state index contributed by atoms with van der Waals surface area (Å²) in [5, 5.41) is 1.48. The zero-order valence-electron chi connectivity index (χ0n) is 8.09. The van der Waals surface area contributed by atoms with Crippen molar-refractivity contribution in [1.29, 1.82) is 0 Å². The Morgan fingerprint density at radius 3 is 2.17 bits per heavy atom. The fraction of sp³-hybridized carbons (Fsp3) is 0.455. The summed E-state index contributed by atoms with van der Waals surface area (Å²) in [4.78, 5) is 0.